The smallest absolute Gasteiger partial charge is 0.254 e. The minimum Gasteiger partial charge on any atom is -0.361 e. The van der Waals surface area contributed by atoms with Gasteiger partial charge in [0, 0.05) is 32.7 Å². The summed E-state index contributed by atoms with van der Waals surface area (Å²) < 4.78 is 5.91. The molecular formula is C18H25N3O3. The summed E-state index contributed by atoms with van der Waals surface area (Å²) in [6, 6.07) is 10.1. The van der Waals surface area contributed by atoms with Crippen molar-refractivity contribution in [2.24, 2.45) is 5.92 Å². The molecule has 0 aromatic heterocycles. The van der Waals surface area contributed by atoms with Gasteiger partial charge in [0.1, 0.15) is 0 Å². The highest BCUT2D eigenvalue weighted by Gasteiger charge is 2.57. The molecule has 3 rings (SSSR count). The summed E-state index contributed by atoms with van der Waals surface area (Å²) >= 11 is 0. The van der Waals surface area contributed by atoms with E-state index in [1.54, 1.807) is 0 Å². The number of hydrogen-bond donors (Lipinski definition) is 2. The highest BCUT2D eigenvalue weighted by molar-refractivity contribution is 5.94. The Morgan fingerprint density at radius 2 is 2.21 bits per heavy atom. The van der Waals surface area contributed by atoms with Crippen molar-refractivity contribution < 1.29 is 14.3 Å². The first kappa shape index (κ1) is 16.9. The first-order valence-corrected chi connectivity index (χ1v) is 8.62. The SMILES string of the molecule is CCCNC(=O)[C@H]1CN(Cc2ccccc2)C[C@@]12OCCNC2=O. The van der Waals surface area contributed by atoms with Gasteiger partial charge in [-0.1, -0.05) is 37.3 Å². The molecule has 2 atom stereocenters. The van der Waals surface area contributed by atoms with Gasteiger partial charge in [-0.05, 0) is 12.0 Å². The van der Waals surface area contributed by atoms with Crippen molar-refractivity contribution in [3.8, 4) is 0 Å². The van der Waals surface area contributed by atoms with Gasteiger partial charge < -0.3 is 15.4 Å². The molecule has 6 nitrogen and oxygen atoms in total. The van der Waals surface area contributed by atoms with Gasteiger partial charge >= 0.3 is 0 Å². The van der Waals surface area contributed by atoms with Crippen molar-refractivity contribution in [2.75, 3.05) is 32.8 Å². The van der Waals surface area contributed by atoms with E-state index in [-0.39, 0.29) is 11.8 Å². The lowest BCUT2D eigenvalue weighted by Crippen LogP contribution is -2.62. The number of benzene rings is 1. The molecule has 2 N–H and O–H groups in total. The Morgan fingerprint density at radius 3 is 2.92 bits per heavy atom. The molecule has 2 aliphatic heterocycles. The maximum atomic E-state index is 12.6. The largest absolute Gasteiger partial charge is 0.361 e. The molecule has 0 bridgehead atoms. The second kappa shape index (κ2) is 7.32. The zero-order chi connectivity index (χ0) is 17.0. The molecule has 130 valence electrons. The van der Waals surface area contributed by atoms with Crippen molar-refractivity contribution in [1.82, 2.24) is 15.5 Å². The predicted molar refractivity (Wildman–Crippen MR) is 90.2 cm³/mol. The van der Waals surface area contributed by atoms with Crippen LogP contribution >= 0.6 is 0 Å². The van der Waals surface area contributed by atoms with Gasteiger partial charge in [-0.15, -0.1) is 0 Å². The van der Waals surface area contributed by atoms with E-state index in [1.165, 1.54) is 5.56 Å². The third kappa shape index (κ3) is 3.30. The Morgan fingerprint density at radius 1 is 1.42 bits per heavy atom. The van der Waals surface area contributed by atoms with Crippen LogP contribution in [0.2, 0.25) is 0 Å². The first-order valence-electron chi connectivity index (χ1n) is 8.62. The molecule has 1 aromatic rings. The van der Waals surface area contributed by atoms with Crippen LogP contribution in [0.15, 0.2) is 30.3 Å². The lowest BCUT2D eigenvalue weighted by Gasteiger charge is -2.36. The van der Waals surface area contributed by atoms with Crippen LogP contribution in [0.1, 0.15) is 18.9 Å². The molecule has 2 saturated heterocycles. The molecule has 24 heavy (non-hydrogen) atoms. The maximum absolute atomic E-state index is 12.6. The molecule has 0 unspecified atom stereocenters. The van der Waals surface area contributed by atoms with E-state index in [4.69, 9.17) is 4.74 Å². The molecule has 2 heterocycles. The minimum absolute atomic E-state index is 0.0931. The van der Waals surface area contributed by atoms with Gasteiger partial charge in [-0.2, -0.15) is 0 Å². The van der Waals surface area contributed by atoms with E-state index in [0.717, 1.165) is 6.42 Å². The van der Waals surface area contributed by atoms with Crippen molar-refractivity contribution in [1.29, 1.82) is 0 Å². The van der Waals surface area contributed by atoms with Gasteiger partial charge in [0.15, 0.2) is 5.60 Å². The number of carbonyl (C=O) groups is 2. The molecule has 0 aliphatic carbocycles. The Bertz CT molecular complexity index is 592. The van der Waals surface area contributed by atoms with Gasteiger partial charge in [0.25, 0.3) is 5.91 Å². The normalized spacial score (nSPS) is 27.2. The number of ether oxygens (including phenoxy) is 1. The van der Waals surface area contributed by atoms with E-state index in [1.807, 2.05) is 25.1 Å². The van der Waals surface area contributed by atoms with Crippen molar-refractivity contribution in [3.05, 3.63) is 35.9 Å². The van der Waals surface area contributed by atoms with E-state index >= 15 is 0 Å². The molecule has 1 spiro atoms. The predicted octanol–water partition coefficient (Wildman–Crippen LogP) is 0.530. The van der Waals surface area contributed by atoms with Crippen molar-refractivity contribution in [3.63, 3.8) is 0 Å². The van der Waals surface area contributed by atoms with E-state index in [2.05, 4.69) is 27.7 Å². The highest BCUT2D eigenvalue weighted by atomic mass is 16.5. The number of rotatable bonds is 5. The average Bonchev–Trinajstić information content (AvgIpc) is 2.95. The topological polar surface area (TPSA) is 70.7 Å². The monoisotopic (exact) mass is 331 g/mol. The lowest BCUT2D eigenvalue weighted by atomic mass is 9.88. The van der Waals surface area contributed by atoms with Crippen LogP contribution in [0.3, 0.4) is 0 Å². The Hall–Kier alpha value is -1.92. The highest BCUT2D eigenvalue weighted by Crippen LogP contribution is 2.34. The molecule has 1 aromatic carbocycles. The Balaban J connectivity index is 1.79. The van der Waals surface area contributed by atoms with Gasteiger partial charge in [0.2, 0.25) is 5.91 Å². The zero-order valence-electron chi connectivity index (χ0n) is 14.1. The van der Waals surface area contributed by atoms with Crippen molar-refractivity contribution >= 4 is 11.8 Å². The summed E-state index contributed by atoms with van der Waals surface area (Å²) in [4.78, 5) is 27.3. The Kier molecular flexibility index (Phi) is 5.16. The summed E-state index contributed by atoms with van der Waals surface area (Å²) in [7, 11) is 0. The fraction of sp³-hybridized carbons (Fsp3) is 0.556. The standard InChI is InChI=1S/C18H25N3O3/c1-2-8-19-16(22)15-12-21(11-14-6-4-3-5-7-14)13-18(15)17(23)20-9-10-24-18/h3-7,15H,2,8-13H2,1H3,(H,19,22)(H,20,23)/t15-,18-/m1/s1. The van der Waals surface area contributed by atoms with Crippen molar-refractivity contribution in [2.45, 2.75) is 25.5 Å². The number of likely N-dealkylation sites (tertiary alicyclic amines) is 1. The van der Waals surface area contributed by atoms with Crippen LogP contribution in [-0.2, 0) is 20.9 Å². The molecule has 2 aliphatic rings. The number of nitrogens with one attached hydrogen (secondary N) is 2. The average molecular weight is 331 g/mol. The summed E-state index contributed by atoms with van der Waals surface area (Å²) in [5.74, 6) is -0.738. The molecule has 2 amide bonds. The van der Waals surface area contributed by atoms with Crippen LogP contribution in [0.25, 0.3) is 0 Å². The zero-order valence-corrected chi connectivity index (χ0v) is 14.1. The fourth-order valence-corrected chi connectivity index (χ4v) is 3.53. The quantitative estimate of drug-likeness (QED) is 0.826. The molecular weight excluding hydrogens is 306 g/mol. The van der Waals surface area contributed by atoms with Crippen LogP contribution in [0, 0.1) is 5.92 Å². The Labute approximate surface area is 142 Å². The van der Waals surface area contributed by atoms with E-state index in [9.17, 15) is 9.59 Å². The number of carbonyl (C=O) groups excluding carboxylic acids is 2. The van der Waals surface area contributed by atoms with Gasteiger partial charge in [-0.3, -0.25) is 14.5 Å². The lowest BCUT2D eigenvalue weighted by molar-refractivity contribution is -0.163. The molecule has 0 saturated carbocycles. The number of nitrogens with zero attached hydrogens (tertiary/aromatic N) is 1. The summed E-state index contributed by atoms with van der Waals surface area (Å²) in [6.07, 6.45) is 0.867. The van der Waals surface area contributed by atoms with Crippen LogP contribution in [0.4, 0.5) is 0 Å². The van der Waals surface area contributed by atoms with Crippen LogP contribution in [-0.4, -0.2) is 55.1 Å². The second-order valence-electron chi connectivity index (χ2n) is 6.49. The van der Waals surface area contributed by atoms with Crippen LogP contribution < -0.4 is 10.6 Å². The third-order valence-electron chi connectivity index (χ3n) is 4.71. The van der Waals surface area contributed by atoms with E-state index in [0.29, 0.717) is 39.3 Å². The number of morpholine rings is 1. The minimum atomic E-state index is -1.06. The second-order valence-corrected chi connectivity index (χ2v) is 6.49. The first-order chi connectivity index (χ1) is 11.7. The fourth-order valence-electron chi connectivity index (χ4n) is 3.53. The molecule has 6 heteroatoms. The van der Waals surface area contributed by atoms with Gasteiger partial charge in [-0.25, -0.2) is 0 Å². The van der Waals surface area contributed by atoms with Crippen LogP contribution in [0.5, 0.6) is 0 Å². The third-order valence-corrected chi connectivity index (χ3v) is 4.71. The number of amides is 2. The molecule has 0 radical (unpaired) electrons. The summed E-state index contributed by atoms with van der Waals surface area (Å²) in [5.41, 5.74) is 0.101. The van der Waals surface area contributed by atoms with E-state index < -0.39 is 11.5 Å². The summed E-state index contributed by atoms with van der Waals surface area (Å²) in [5, 5.41) is 5.79. The maximum Gasteiger partial charge on any atom is 0.254 e. The summed E-state index contributed by atoms with van der Waals surface area (Å²) in [6.45, 7) is 5.25. The number of hydrogen-bond acceptors (Lipinski definition) is 4. The molecule has 2 fully saturated rings. The van der Waals surface area contributed by atoms with Gasteiger partial charge in [0.05, 0.1) is 12.5 Å².